The van der Waals surface area contributed by atoms with Crippen molar-refractivity contribution in [1.29, 1.82) is 0 Å². The van der Waals surface area contributed by atoms with Crippen LogP contribution in [0.25, 0.3) is 0 Å². The molecule has 28 heavy (non-hydrogen) atoms. The number of hydrogen-bond donors (Lipinski definition) is 2. The molecule has 1 aromatic carbocycles. The largest absolute Gasteiger partial charge is 0.466 e. The second kappa shape index (κ2) is 8.30. The Balaban J connectivity index is 2.60. The van der Waals surface area contributed by atoms with Gasteiger partial charge in [-0.1, -0.05) is 0 Å². The zero-order valence-corrected chi connectivity index (χ0v) is 16.3. The van der Waals surface area contributed by atoms with Gasteiger partial charge in [0.1, 0.15) is 5.70 Å². The summed E-state index contributed by atoms with van der Waals surface area (Å²) < 4.78 is 44.8. The molecule has 1 aliphatic heterocycles. The van der Waals surface area contributed by atoms with Gasteiger partial charge < -0.3 is 20.1 Å². The maximum atomic E-state index is 13.5. The van der Waals surface area contributed by atoms with Gasteiger partial charge in [-0.05, 0) is 22.6 Å². The fraction of sp³-hybridized carbons (Fsp3) is 0.333. The Kier molecular flexibility index (Phi) is 6.48. The molecule has 1 aromatic rings. The van der Waals surface area contributed by atoms with Crippen molar-refractivity contribution in [1.82, 2.24) is 4.90 Å². The minimum Gasteiger partial charge on any atom is -0.466 e. The number of hydrogen-bond acceptors (Lipinski definition) is 7. The van der Waals surface area contributed by atoms with Crippen molar-refractivity contribution in [2.75, 3.05) is 32.1 Å². The van der Waals surface area contributed by atoms with Gasteiger partial charge in [0.05, 0.1) is 42.0 Å². The number of nitro benzene ring substituents is 1. The fourth-order valence-corrected chi connectivity index (χ4v) is 3.27. The lowest BCUT2D eigenvalue weighted by Gasteiger charge is -2.18. The quantitative estimate of drug-likeness (QED) is 0.257. The van der Waals surface area contributed by atoms with Crippen LogP contribution in [-0.4, -0.2) is 53.6 Å². The van der Waals surface area contributed by atoms with Crippen LogP contribution in [0.2, 0.25) is 0 Å². The number of benzene rings is 1. The zero-order chi connectivity index (χ0) is 21.2. The number of rotatable bonds is 6. The summed E-state index contributed by atoms with van der Waals surface area (Å²) in [6.45, 7) is -0.830. The van der Waals surface area contributed by atoms with Crippen LogP contribution in [0.5, 0.6) is 0 Å². The van der Waals surface area contributed by atoms with Crippen molar-refractivity contribution in [3.05, 3.63) is 42.7 Å². The molecule has 1 heterocycles. The molecule has 0 saturated carbocycles. The molecule has 0 saturated heterocycles. The molecule has 1 aliphatic rings. The average molecular weight is 515 g/mol. The number of β-amino-alcohol motifs (C(OH)–C–C–N with tert-alkyl or cyclic N) is 1. The van der Waals surface area contributed by atoms with Crippen LogP contribution < -0.4 is 5.32 Å². The van der Waals surface area contributed by atoms with Gasteiger partial charge in [-0.25, -0.2) is 4.79 Å². The van der Waals surface area contributed by atoms with Crippen LogP contribution in [0, 0.1) is 13.7 Å². The summed E-state index contributed by atoms with van der Waals surface area (Å²) in [7, 11) is 1.04. The van der Waals surface area contributed by atoms with Gasteiger partial charge in [0.25, 0.3) is 11.6 Å². The molecule has 0 atom stereocenters. The number of halogens is 4. The third-order valence-electron chi connectivity index (χ3n) is 3.79. The first-order chi connectivity index (χ1) is 13.0. The highest BCUT2D eigenvalue weighted by Crippen LogP contribution is 2.41. The van der Waals surface area contributed by atoms with Crippen LogP contribution in [0.4, 0.5) is 24.5 Å². The van der Waals surface area contributed by atoms with Crippen molar-refractivity contribution in [3.63, 3.8) is 0 Å². The topological polar surface area (TPSA) is 122 Å². The monoisotopic (exact) mass is 515 g/mol. The number of nitro groups is 1. The van der Waals surface area contributed by atoms with Crippen LogP contribution in [0.1, 0.15) is 5.56 Å². The molecule has 2 rings (SSSR count). The fourth-order valence-electron chi connectivity index (χ4n) is 2.52. The van der Waals surface area contributed by atoms with Crippen molar-refractivity contribution >= 4 is 45.8 Å². The number of carbonyl (C=O) groups excluding carboxylic acids is 2. The molecule has 0 fully saturated rings. The summed E-state index contributed by atoms with van der Waals surface area (Å²) in [5.74, 6) is -1.74. The van der Waals surface area contributed by atoms with E-state index in [-0.39, 0.29) is 22.2 Å². The summed E-state index contributed by atoms with van der Waals surface area (Å²) in [4.78, 5) is 35.4. The van der Waals surface area contributed by atoms with Gasteiger partial charge >= 0.3 is 12.1 Å². The van der Waals surface area contributed by atoms with Gasteiger partial charge in [-0.3, -0.25) is 14.9 Å². The number of non-ortho nitro benzene ring substituents is 1. The number of alkyl halides is 3. The molecule has 0 aliphatic carbocycles. The number of carbonyl (C=O) groups is 2. The Morgan fingerprint density at radius 2 is 2.11 bits per heavy atom. The summed E-state index contributed by atoms with van der Waals surface area (Å²) in [5, 5.41) is 22.2. The second-order valence-corrected chi connectivity index (χ2v) is 6.69. The number of ether oxygens (including phenoxy) is 1. The van der Waals surface area contributed by atoms with Gasteiger partial charge in [0.2, 0.25) is 0 Å². The molecule has 0 unspecified atom stereocenters. The van der Waals surface area contributed by atoms with E-state index in [2.05, 4.69) is 10.1 Å². The summed E-state index contributed by atoms with van der Waals surface area (Å²) in [6, 6.07) is 1.25. The number of anilines is 1. The maximum Gasteiger partial charge on any atom is 0.418 e. The van der Waals surface area contributed by atoms with E-state index in [0.29, 0.717) is 6.07 Å². The van der Waals surface area contributed by atoms with Gasteiger partial charge in [-0.15, -0.1) is 0 Å². The van der Waals surface area contributed by atoms with E-state index >= 15 is 0 Å². The number of nitrogens with zero attached hydrogens (tertiary/aromatic N) is 2. The normalized spacial score (nSPS) is 14.5. The molecule has 0 aromatic heterocycles. The molecule has 0 radical (unpaired) electrons. The van der Waals surface area contributed by atoms with E-state index in [0.717, 1.165) is 18.1 Å². The summed E-state index contributed by atoms with van der Waals surface area (Å²) >= 11 is 1.46. The van der Waals surface area contributed by atoms with Crippen LogP contribution in [0.15, 0.2) is 23.4 Å². The van der Waals surface area contributed by atoms with Gasteiger partial charge in [-0.2, -0.15) is 13.2 Å². The van der Waals surface area contributed by atoms with E-state index in [1.54, 1.807) is 0 Å². The number of amides is 1. The van der Waals surface area contributed by atoms with E-state index in [9.17, 15) is 32.9 Å². The van der Waals surface area contributed by atoms with Gasteiger partial charge in [0.15, 0.2) is 0 Å². The SMILES string of the molecule is COC(=O)C1=C(Nc2c(I)cc([N+](=O)[O-])cc2C(F)(F)F)C(=O)N(CCO)C1. The summed E-state index contributed by atoms with van der Waals surface area (Å²) in [6.07, 6.45) is -4.97. The molecule has 0 spiro atoms. The molecule has 152 valence electrons. The Morgan fingerprint density at radius 3 is 2.61 bits per heavy atom. The lowest BCUT2D eigenvalue weighted by Crippen LogP contribution is -2.31. The number of aliphatic hydroxyl groups excluding tert-OH is 1. The van der Waals surface area contributed by atoms with E-state index in [4.69, 9.17) is 5.11 Å². The van der Waals surface area contributed by atoms with Crippen molar-refractivity contribution < 1.29 is 37.5 Å². The zero-order valence-electron chi connectivity index (χ0n) is 14.2. The Hall–Kier alpha value is -2.42. The first-order valence-electron chi connectivity index (χ1n) is 7.55. The average Bonchev–Trinajstić information content (AvgIpc) is 2.91. The first kappa shape index (κ1) is 21.9. The number of aliphatic hydroxyl groups is 1. The molecule has 9 nitrogen and oxygen atoms in total. The Bertz CT molecular complexity index is 871. The van der Waals surface area contributed by atoms with Gasteiger partial charge in [0, 0.05) is 22.2 Å². The summed E-state index contributed by atoms with van der Waals surface area (Å²) in [5.41, 5.74) is -3.41. The predicted molar refractivity (Wildman–Crippen MR) is 97.1 cm³/mol. The van der Waals surface area contributed by atoms with Crippen LogP contribution in [0.3, 0.4) is 0 Å². The highest BCUT2D eigenvalue weighted by atomic mass is 127. The number of methoxy groups -OCH3 is 1. The van der Waals surface area contributed by atoms with Crippen molar-refractivity contribution in [2.24, 2.45) is 0 Å². The lowest BCUT2D eigenvalue weighted by atomic mass is 10.1. The second-order valence-electron chi connectivity index (χ2n) is 5.53. The lowest BCUT2D eigenvalue weighted by molar-refractivity contribution is -0.385. The predicted octanol–water partition coefficient (Wildman–Crippen LogP) is 1.89. The van der Waals surface area contributed by atoms with Crippen LogP contribution >= 0.6 is 22.6 Å². The van der Waals surface area contributed by atoms with E-state index in [1.165, 1.54) is 22.6 Å². The minimum atomic E-state index is -4.97. The highest BCUT2D eigenvalue weighted by Gasteiger charge is 2.40. The molecular formula is C15H13F3IN3O6. The standard InChI is InChI=1S/C15H13F3IN3O6/c1-28-14(25)8-6-21(2-3-23)13(24)11(8)20-12-9(15(16,17)18)4-7(22(26)27)5-10(12)19/h4-5,20,23H,2-3,6H2,1H3. The third-order valence-corrected chi connectivity index (χ3v) is 4.65. The van der Waals surface area contributed by atoms with E-state index in [1.807, 2.05) is 0 Å². The maximum absolute atomic E-state index is 13.5. The van der Waals surface area contributed by atoms with Crippen molar-refractivity contribution in [2.45, 2.75) is 6.18 Å². The Morgan fingerprint density at radius 1 is 1.46 bits per heavy atom. The first-order valence-corrected chi connectivity index (χ1v) is 8.62. The Labute approximate surface area is 169 Å². The highest BCUT2D eigenvalue weighted by molar-refractivity contribution is 14.1. The van der Waals surface area contributed by atoms with Crippen molar-refractivity contribution in [3.8, 4) is 0 Å². The number of nitrogens with one attached hydrogen (secondary N) is 1. The van der Waals surface area contributed by atoms with Crippen LogP contribution in [-0.2, 0) is 20.5 Å². The minimum absolute atomic E-state index is 0.145. The smallest absolute Gasteiger partial charge is 0.418 e. The third kappa shape index (κ3) is 4.35. The van der Waals surface area contributed by atoms with E-state index < -0.39 is 52.2 Å². The molecule has 1 amide bonds. The number of esters is 1. The molecular weight excluding hydrogens is 502 g/mol. The molecule has 0 bridgehead atoms. The molecule has 13 heteroatoms. The molecule has 2 N–H and O–H groups in total.